The van der Waals surface area contributed by atoms with Crippen LogP contribution in [0, 0.1) is 0 Å². The van der Waals surface area contributed by atoms with Crippen LogP contribution in [0.4, 0.5) is 0 Å². The van der Waals surface area contributed by atoms with Crippen LogP contribution in [0.3, 0.4) is 0 Å². The Kier molecular flexibility index (Phi) is 5.43. The zero-order chi connectivity index (χ0) is 15.6. The molecule has 21 heavy (non-hydrogen) atoms. The highest BCUT2D eigenvalue weighted by Gasteiger charge is 2.18. The molecule has 0 spiro atoms. The molecule has 2 aromatic rings. The van der Waals surface area contributed by atoms with Gasteiger partial charge in [-0.1, -0.05) is 45.2 Å². The Morgan fingerprint density at radius 2 is 1.71 bits per heavy atom. The predicted molar refractivity (Wildman–Crippen MR) is 88.0 cm³/mol. The standard InChI is InChI=1S/C13H8BrCl3O3S/c14-8-4-5-12(13(6-8)21(17,18)19)20-7-9-10(15)2-1-3-11(9)16/h1-6H,7H2. The van der Waals surface area contributed by atoms with E-state index < -0.39 is 9.05 Å². The van der Waals surface area contributed by atoms with E-state index in [1.165, 1.54) is 12.1 Å². The zero-order valence-electron chi connectivity index (χ0n) is 10.3. The number of ether oxygens (including phenoxy) is 1. The lowest BCUT2D eigenvalue weighted by Crippen LogP contribution is -2.02. The number of hydrogen-bond donors (Lipinski definition) is 0. The summed E-state index contributed by atoms with van der Waals surface area (Å²) >= 11 is 15.3. The van der Waals surface area contributed by atoms with Crippen molar-refractivity contribution in [2.24, 2.45) is 0 Å². The quantitative estimate of drug-likeness (QED) is 0.621. The Hall–Kier alpha value is -0.460. The van der Waals surface area contributed by atoms with Crippen LogP contribution in [0.1, 0.15) is 5.56 Å². The van der Waals surface area contributed by atoms with Crippen molar-refractivity contribution in [3.05, 3.63) is 56.5 Å². The molecule has 0 fully saturated rings. The highest BCUT2D eigenvalue weighted by molar-refractivity contribution is 9.10. The number of rotatable bonds is 4. The van der Waals surface area contributed by atoms with Crippen LogP contribution in [-0.2, 0) is 15.7 Å². The molecule has 0 aliphatic carbocycles. The molecule has 0 aromatic heterocycles. The summed E-state index contributed by atoms with van der Waals surface area (Å²) in [4.78, 5) is -0.123. The summed E-state index contributed by atoms with van der Waals surface area (Å²) in [5.74, 6) is 0.129. The van der Waals surface area contributed by atoms with Crippen LogP contribution in [-0.4, -0.2) is 8.42 Å². The molecule has 0 saturated heterocycles. The third-order valence-electron chi connectivity index (χ3n) is 2.60. The summed E-state index contributed by atoms with van der Waals surface area (Å²) in [5.41, 5.74) is 0.571. The smallest absolute Gasteiger partial charge is 0.265 e. The van der Waals surface area contributed by atoms with Crippen molar-refractivity contribution in [3.63, 3.8) is 0 Å². The summed E-state index contributed by atoms with van der Waals surface area (Å²) in [6.07, 6.45) is 0. The van der Waals surface area contributed by atoms with Gasteiger partial charge < -0.3 is 4.74 Å². The molecule has 2 aromatic carbocycles. The van der Waals surface area contributed by atoms with Gasteiger partial charge in [-0.2, -0.15) is 0 Å². The third-order valence-corrected chi connectivity index (χ3v) is 5.15. The lowest BCUT2D eigenvalue weighted by atomic mass is 10.2. The van der Waals surface area contributed by atoms with Gasteiger partial charge in [0.1, 0.15) is 17.3 Å². The molecular formula is C13H8BrCl3O3S. The van der Waals surface area contributed by atoms with E-state index in [4.69, 9.17) is 38.6 Å². The number of benzene rings is 2. The largest absolute Gasteiger partial charge is 0.487 e. The average Bonchev–Trinajstić information content (AvgIpc) is 2.38. The fourth-order valence-electron chi connectivity index (χ4n) is 1.61. The monoisotopic (exact) mass is 428 g/mol. The van der Waals surface area contributed by atoms with E-state index in [0.717, 1.165) is 0 Å². The van der Waals surface area contributed by atoms with E-state index in [1.807, 2.05) is 0 Å². The Bertz CT molecular complexity index is 758. The lowest BCUT2D eigenvalue weighted by molar-refractivity contribution is 0.298. The van der Waals surface area contributed by atoms with E-state index in [-0.39, 0.29) is 17.3 Å². The van der Waals surface area contributed by atoms with Crippen molar-refractivity contribution >= 4 is 58.9 Å². The Morgan fingerprint density at radius 1 is 1.10 bits per heavy atom. The van der Waals surface area contributed by atoms with Gasteiger partial charge >= 0.3 is 0 Å². The molecule has 0 atom stereocenters. The maximum atomic E-state index is 11.6. The molecule has 0 unspecified atom stereocenters. The molecule has 0 heterocycles. The SMILES string of the molecule is O=S(=O)(Cl)c1cc(Br)ccc1OCc1c(Cl)cccc1Cl. The van der Waals surface area contributed by atoms with Crippen molar-refractivity contribution in [1.82, 2.24) is 0 Å². The second-order valence-electron chi connectivity index (χ2n) is 4.02. The highest BCUT2D eigenvalue weighted by atomic mass is 79.9. The minimum Gasteiger partial charge on any atom is -0.487 e. The van der Waals surface area contributed by atoms with Crippen LogP contribution in [0.5, 0.6) is 5.75 Å². The van der Waals surface area contributed by atoms with Crippen molar-refractivity contribution in [2.45, 2.75) is 11.5 Å². The number of hydrogen-bond acceptors (Lipinski definition) is 3. The van der Waals surface area contributed by atoms with Gasteiger partial charge in [0.25, 0.3) is 9.05 Å². The summed E-state index contributed by atoms with van der Waals surface area (Å²) in [7, 11) is 1.47. The van der Waals surface area contributed by atoms with E-state index in [9.17, 15) is 8.42 Å². The van der Waals surface area contributed by atoms with Gasteiger partial charge in [-0.15, -0.1) is 0 Å². The second kappa shape index (κ2) is 6.75. The fourth-order valence-corrected chi connectivity index (χ4v) is 3.63. The highest BCUT2D eigenvalue weighted by Crippen LogP contribution is 2.32. The van der Waals surface area contributed by atoms with E-state index in [2.05, 4.69) is 15.9 Å². The maximum Gasteiger partial charge on any atom is 0.265 e. The van der Waals surface area contributed by atoms with E-state index in [0.29, 0.717) is 20.1 Å². The summed E-state index contributed by atoms with van der Waals surface area (Å²) in [6, 6.07) is 9.58. The first-order valence-corrected chi connectivity index (χ1v) is 9.45. The van der Waals surface area contributed by atoms with Crippen molar-refractivity contribution in [1.29, 1.82) is 0 Å². The Labute approximate surface area is 145 Å². The first kappa shape index (κ1) is 16.9. The molecule has 112 valence electrons. The molecule has 2 rings (SSSR count). The average molecular weight is 431 g/mol. The first-order valence-electron chi connectivity index (χ1n) is 5.59. The van der Waals surface area contributed by atoms with Crippen LogP contribution in [0.25, 0.3) is 0 Å². The van der Waals surface area contributed by atoms with Gasteiger partial charge in [0.2, 0.25) is 0 Å². The Balaban J connectivity index is 2.33. The third kappa shape index (κ3) is 4.27. The molecule has 0 saturated carbocycles. The molecule has 0 aliphatic heterocycles. The van der Waals surface area contributed by atoms with Crippen molar-refractivity contribution in [3.8, 4) is 5.75 Å². The lowest BCUT2D eigenvalue weighted by Gasteiger charge is -2.12. The topological polar surface area (TPSA) is 43.4 Å². The van der Waals surface area contributed by atoms with Gasteiger partial charge in [-0.05, 0) is 30.3 Å². The molecular weight excluding hydrogens is 422 g/mol. The van der Waals surface area contributed by atoms with E-state index >= 15 is 0 Å². The predicted octanol–water partition coefficient (Wildman–Crippen LogP) is 5.26. The van der Waals surface area contributed by atoms with Crippen molar-refractivity contribution < 1.29 is 13.2 Å². The van der Waals surface area contributed by atoms with Crippen LogP contribution in [0.2, 0.25) is 10.0 Å². The first-order chi connectivity index (χ1) is 9.79. The van der Waals surface area contributed by atoms with E-state index in [1.54, 1.807) is 24.3 Å². The van der Waals surface area contributed by atoms with Crippen LogP contribution < -0.4 is 4.74 Å². The normalized spacial score (nSPS) is 11.4. The molecule has 8 heteroatoms. The zero-order valence-corrected chi connectivity index (χ0v) is 15.0. The van der Waals surface area contributed by atoms with Gasteiger partial charge in [0.05, 0.1) is 0 Å². The Morgan fingerprint density at radius 3 is 2.29 bits per heavy atom. The molecule has 3 nitrogen and oxygen atoms in total. The molecule has 0 radical (unpaired) electrons. The minimum atomic E-state index is -3.93. The minimum absolute atomic E-state index is 0.0273. The van der Waals surface area contributed by atoms with Gasteiger partial charge in [-0.3, -0.25) is 0 Å². The fraction of sp³-hybridized carbons (Fsp3) is 0.0769. The van der Waals surface area contributed by atoms with Crippen molar-refractivity contribution in [2.75, 3.05) is 0 Å². The maximum absolute atomic E-state index is 11.6. The van der Waals surface area contributed by atoms with Crippen LogP contribution >= 0.6 is 49.8 Å². The van der Waals surface area contributed by atoms with Crippen LogP contribution in [0.15, 0.2) is 45.8 Å². The summed E-state index contributed by atoms with van der Waals surface area (Å²) in [5, 5.41) is 0.879. The summed E-state index contributed by atoms with van der Waals surface area (Å²) < 4.78 is 29.2. The molecule has 0 N–H and O–H groups in total. The molecule has 0 bridgehead atoms. The second-order valence-corrected chi connectivity index (χ2v) is 8.28. The molecule has 0 aliphatic rings. The van der Waals surface area contributed by atoms with Gasteiger partial charge in [-0.25, -0.2) is 8.42 Å². The summed E-state index contributed by atoms with van der Waals surface area (Å²) in [6.45, 7) is 0.0273. The van der Waals surface area contributed by atoms with Gasteiger partial charge in [0.15, 0.2) is 0 Å². The number of halogens is 4. The van der Waals surface area contributed by atoms with Gasteiger partial charge in [0, 0.05) is 30.8 Å². The molecule has 0 amide bonds.